The minimum atomic E-state index is -2.99. The number of aliphatic hydroxyl groups is 1. The summed E-state index contributed by atoms with van der Waals surface area (Å²) in [7, 11) is 0. The van der Waals surface area contributed by atoms with Gasteiger partial charge in [0, 0.05) is 12.3 Å². The molecular weight excluding hydrogens is 358 g/mol. The number of allylic oxidation sites excluding steroid dienone is 2. The molecule has 2 bridgehead atoms. The summed E-state index contributed by atoms with van der Waals surface area (Å²) >= 11 is 0. The third-order valence-electron chi connectivity index (χ3n) is 5.02. The van der Waals surface area contributed by atoms with Crippen molar-refractivity contribution in [2.45, 2.75) is 88.8 Å². The molecule has 3 rings (SSSR count). The summed E-state index contributed by atoms with van der Waals surface area (Å²) in [4.78, 5) is 10.5. The fraction of sp³-hybridized carbons (Fsp3) is 0.750. The predicted molar refractivity (Wildman–Crippen MR) is 96.5 cm³/mol. The minimum absolute atomic E-state index is 0.0870. The number of carboxylic acids is 1. The zero-order chi connectivity index (χ0) is 19.9. The first-order valence-electron chi connectivity index (χ1n) is 9.78. The van der Waals surface area contributed by atoms with E-state index in [1.54, 1.807) is 18.2 Å². The van der Waals surface area contributed by atoms with E-state index in [-0.39, 0.29) is 6.42 Å². The molecule has 5 nitrogen and oxygen atoms in total. The first kappa shape index (κ1) is 22.0. The number of carbonyl (C=O) groups is 1. The number of halogens is 2. The van der Waals surface area contributed by atoms with Crippen molar-refractivity contribution in [2.75, 3.05) is 0 Å². The number of aliphatic carboxylic acids is 1. The Hall–Kier alpha value is -1.31. The van der Waals surface area contributed by atoms with Crippen molar-refractivity contribution in [1.29, 1.82) is 0 Å². The van der Waals surface area contributed by atoms with Crippen LogP contribution in [0.5, 0.6) is 0 Å². The lowest BCUT2D eigenvalue weighted by molar-refractivity contribution is -0.451. The van der Waals surface area contributed by atoms with Crippen LogP contribution in [0.1, 0.15) is 58.3 Å². The van der Waals surface area contributed by atoms with E-state index < -0.39 is 42.4 Å². The molecule has 0 amide bonds. The van der Waals surface area contributed by atoms with E-state index in [1.807, 2.05) is 6.08 Å². The third kappa shape index (κ3) is 6.09. The Morgan fingerprint density at radius 3 is 2.67 bits per heavy atom. The standard InChI is InChI=1S/C20H30F2O5/c1-2-3-6-9-14(23)12-13-16-15(10-7-4-5-8-11-17(24)25)18-20(21,22)19(26-16)27-18/h4,7,12-16,18-19,23H,2-3,5-6,8-11H2,1H3,(H,24,25). The number of aliphatic hydroxyl groups excluding tert-OH is 1. The van der Waals surface area contributed by atoms with Gasteiger partial charge in [0.2, 0.25) is 6.29 Å². The Balaban J connectivity index is 1.88. The summed E-state index contributed by atoms with van der Waals surface area (Å²) in [6.07, 6.45) is 8.28. The van der Waals surface area contributed by atoms with Crippen LogP contribution in [0.25, 0.3) is 0 Å². The molecule has 3 heterocycles. The zero-order valence-electron chi connectivity index (χ0n) is 15.7. The highest BCUT2D eigenvalue weighted by Gasteiger charge is 2.68. The normalized spacial score (nSPS) is 30.5. The molecule has 2 N–H and O–H groups in total. The summed E-state index contributed by atoms with van der Waals surface area (Å²) in [5.74, 6) is -4.38. The summed E-state index contributed by atoms with van der Waals surface area (Å²) in [5.41, 5.74) is 0. The summed E-state index contributed by atoms with van der Waals surface area (Å²) in [5, 5.41) is 18.6. The number of alkyl halides is 2. The van der Waals surface area contributed by atoms with Gasteiger partial charge in [-0.15, -0.1) is 0 Å². The average molecular weight is 388 g/mol. The van der Waals surface area contributed by atoms with Gasteiger partial charge in [0.1, 0.15) is 6.10 Å². The maximum absolute atomic E-state index is 14.0. The second-order valence-corrected chi connectivity index (χ2v) is 7.27. The molecule has 0 aromatic heterocycles. The van der Waals surface area contributed by atoms with Gasteiger partial charge in [-0.1, -0.05) is 50.5 Å². The third-order valence-corrected chi connectivity index (χ3v) is 5.02. The topological polar surface area (TPSA) is 76.0 Å². The summed E-state index contributed by atoms with van der Waals surface area (Å²) in [6.45, 7) is 2.09. The smallest absolute Gasteiger partial charge is 0.323 e. The van der Waals surface area contributed by atoms with Crippen LogP contribution in [0.2, 0.25) is 0 Å². The average Bonchev–Trinajstić information content (AvgIpc) is 2.62. The lowest BCUT2D eigenvalue weighted by Gasteiger charge is -2.54. The predicted octanol–water partition coefficient (Wildman–Crippen LogP) is 4.06. The molecule has 0 aromatic carbocycles. The molecule has 3 aliphatic rings. The quantitative estimate of drug-likeness (QED) is 0.389. The molecule has 0 aliphatic carbocycles. The lowest BCUT2D eigenvalue weighted by atomic mass is 9.81. The number of unbranched alkanes of at least 4 members (excludes halogenated alkanes) is 3. The number of fused-ring (bicyclic) bond motifs is 2. The number of ether oxygens (including phenoxy) is 2. The van der Waals surface area contributed by atoms with Gasteiger partial charge in [-0.3, -0.25) is 4.79 Å². The van der Waals surface area contributed by atoms with E-state index >= 15 is 0 Å². The highest BCUT2D eigenvalue weighted by atomic mass is 19.3. The fourth-order valence-corrected chi connectivity index (χ4v) is 3.43. The van der Waals surface area contributed by atoms with Gasteiger partial charge in [0.15, 0.2) is 0 Å². The van der Waals surface area contributed by atoms with E-state index in [9.17, 15) is 18.7 Å². The maximum Gasteiger partial charge on any atom is 0.323 e. The number of carboxylic acid groups (broad SMARTS) is 1. The molecular formula is C20H30F2O5. The van der Waals surface area contributed by atoms with Gasteiger partial charge < -0.3 is 19.7 Å². The molecule has 0 saturated carbocycles. The number of hydrogen-bond donors (Lipinski definition) is 2. The van der Waals surface area contributed by atoms with Crippen LogP contribution >= 0.6 is 0 Å². The molecule has 5 atom stereocenters. The van der Waals surface area contributed by atoms with E-state index in [0.717, 1.165) is 19.3 Å². The van der Waals surface area contributed by atoms with Crippen molar-refractivity contribution in [3.05, 3.63) is 24.3 Å². The van der Waals surface area contributed by atoms with Crippen molar-refractivity contribution in [3.8, 4) is 0 Å². The van der Waals surface area contributed by atoms with Crippen LogP contribution in [0.15, 0.2) is 24.3 Å². The monoisotopic (exact) mass is 388 g/mol. The Bertz CT molecular complexity index is 534. The minimum Gasteiger partial charge on any atom is -0.481 e. The highest BCUT2D eigenvalue weighted by molar-refractivity contribution is 5.66. The first-order valence-corrected chi connectivity index (χ1v) is 9.78. The van der Waals surface area contributed by atoms with Gasteiger partial charge in [-0.25, -0.2) is 0 Å². The van der Waals surface area contributed by atoms with E-state index in [1.165, 1.54) is 0 Å². The second kappa shape index (κ2) is 10.3. The molecule has 0 spiro atoms. The van der Waals surface area contributed by atoms with Crippen LogP contribution in [0.3, 0.4) is 0 Å². The first-order chi connectivity index (χ1) is 12.9. The van der Waals surface area contributed by atoms with E-state index in [4.69, 9.17) is 14.6 Å². The molecule has 3 fully saturated rings. The highest BCUT2D eigenvalue weighted by Crippen LogP contribution is 2.50. The fourth-order valence-electron chi connectivity index (χ4n) is 3.43. The van der Waals surface area contributed by atoms with Crippen LogP contribution in [0, 0.1) is 5.92 Å². The maximum atomic E-state index is 14.0. The summed E-state index contributed by atoms with van der Waals surface area (Å²) in [6, 6.07) is 0. The summed E-state index contributed by atoms with van der Waals surface area (Å²) < 4.78 is 38.5. The molecule has 154 valence electrons. The molecule has 0 radical (unpaired) electrons. The Labute approximate surface area is 159 Å². The van der Waals surface area contributed by atoms with Crippen LogP contribution in [-0.4, -0.2) is 46.7 Å². The lowest BCUT2D eigenvalue weighted by Crippen LogP contribution is -2.70. The Morgan fingerprint density at radius 1 is 1.22 bits per heavy atom. The largest absolute Gasteiger partial charge is 0.481 e. The van der Waals surface area contributed by atoms with Gasteiger partial charge in [0.05, 0.1) is 12.2 Å². The van der Waals surface area contributed by atoms with Crippen molar-refractivity contribution in [3.63, 3.8) is 0 Å². The van der Waals surface area contributed by atoms with Crippen LogP contribution in [-0.2, 0) is 14.3 Å². The molecule has 27 heavy (non-hydrogen) atoms. The van der Waals surface area contributed by atoms with Crippen LogP contribution < -0.4 is 0 Å². The molecule has 3 saturated heterocycles. The van der Waals surface area contributed by atoms with Gasteiger partial charge in [-0.2, -0.15) is 8.78 Å². The Morgan fingerprint density at radius 2 is 2.00 bits per heavy atom. The number of hydrogen-bond acceptors (Lipinski definition) is 4. The van der Waals surface area contributed by atoms with Crippen molar-refractivity contribution < 1.29 is 33.3 Å². The van der Waals surface area contributed by atoms with E-state index in [2.05, 4.69) is 6.92 Å². The van der Waals surface area contributed by atoms with E-state index in [0.29, 0.717) is 25.7 Å². The van der Waals surface area contributed by atoms with Crippen molar-refractivity contribution in [1.82, 2.24) is 0 Å². The molecule has 7 heteroatoms. The molecule has 5 unspecified atom stereocenters. The van der Waals surface area contributed by atoms with Crippen molar-refractivity contribution >= 4 is 5.97 Å². The Kier molecular flexibility index (Phi) is 8.38. The van der Waals surface area contributed by atoms with Crippen LogP contribution in [0.4, 0.5) is 8.78 Å². The van der Waals surface area contributed by atoms with Gasteiger partial charge in [0.25, 0.3) is 0 Å². The van der Waals surface area contributed by atoms with Gasteiger partial charge >= 0.3 is 11.9 Å². The second-order valence-electron chi connectivity index (χ2n) is 7.27. The molecule has 3 aliphatic heterocycles. The molecule has 0 aromatic rings. The van der Waals surface area contributed by atoms with Crippen molar-refractivity contribution in [2.24, 2.45) is 5.92 Å². The zero-order valence-corrected chi connectivity index (χ0v) is 15.7. The SMILES string of the molecule is CCCCCC(O)C=CC1OC2OC(C1CC=CCCCC(=O)O)C2(F)F. The van der Waals surface area contributed by atoms with Gasteiger partial charge in [-0.05, 0) is 25.7 Å². The number of rotatable bonds is 12.